The summed E-state index contributed by atoms with van der Waals surface area (Å²) >= 11 is 0. The van der Waals surface area contributed by atoms with Crippen LogP contribution in [0.15, 0.2) is 108 Å². The fraction of sp³-hybridized carbons (Fsp3) is 0.194. The Labute approximate surface area is 221 Å². The van der Waals surface area contributed by atoms with Crippen molar-refractivity contribution in [3.8, 4) is 0 Å². The summed E-state index contributed by atoms with van der Waals surface area (Å²) in [6.45, 7) is 1.95. The third-order valence-corrected chi connectivity index (χ3v) is 6.30. The van der Waals surface area contributed by atoms with Gasteiger partial charge in [0, 0.05) is 12.4 Å². The maximum absolute atomic E-state index is 13.2. The molecule has 7 nitrogen and oxygen atoms in total. The molecule has 0 saturated heterocycles. The molecule has 0 spiro atoms. The molecule has 7 heteroatoms. The summed E-state index contributed by atoms with van der Waals surface area (Å²) in [4.78, 5) is 40.6. The van der Waals surface area contributed by atoms with E-state index >= 15 is 0 Å². The van der Waals surface area contributed by atoms with Gasteiger partial charge in [0.05, 0.1) is 49.5 Å². The van der Waals surface area contributed by atoms with Crippen LogP contribution in [0.3, 0.4) is 0 Å². The molecule has 0 N–H and O–H groups in total. The highest BCUT2D eigenvalue weighted by Crippen LogP contribution is 2.41. The molecular formula is C31H29NO6. The SMILES string of the molecule is CCOC(=O)c1cccc(C2C(C(=O)OC)=CN(C(c3ccccc3)c3ccccc3)C=C2C(=O)OC)c1. The second-order valence-electron chi connectivity index (χ2n) is 8.60. The fourth-order valence-electron chi connectivity index (χ4n) is 4.63. The zero-order chi connectivity index (χ0) is 27.1. The number of ether oxygens (including phenoxy) is 3. The van der Waals surface area contributed by atoms with E-state index in [1.807, 2.05) is 65.6 Å². The quantitative estimate of drug-likeness (QED) is 0.305. The topological polar surface area (TPSA) is 82.1 Å². The Hall–Kier alpha value is -4.65. The number of nitrogens with zero attached hydrogens (tertiary/aromatic N) is 1. The van der Waals surface area contributed by atoms with Crippen molar-refractivity contribution in [3.05, 3.63) is 131 Å². The zero-order valence-corrected chi connectivity index (χ0v) is 21.5. The lowest BCUT2D eigenvalue weighted by Crippen LogP contribution is -2.31. The third-order valence-electron chi connectivity index (χ3n) is 6.30. The maximum Gasteiger partial charge on any atom is 0.338 e. The second-order valence-corrected chi connectivity index (χ2v) is 8.60. The third kappa shape index (κ3) is 5.52. The van der Waals surface area contributed by atoms with E-state index in [2.05, 4.69) is 0 Å². The van der Waals surface area contributed by atoms with Gasteiger partial charge in [0.1, 0.15) is 0 Å². The molecule has 1 heterocycles. The average Bonchev–Trinajstić information content (AvgIpc) is 2.97. The van der Waals surface area contributed by atoms with E-state index < -0.39 is 23.8 Å². The van der Waals surface area contributed by atoms with Crippen molar-refractivity contribution in [1.29, 1.82) is 0 Å². The molecule has 3 aromatic carbocycles. The second kappa shape index (κ2) is 12.1. The number of rotatable bonds is 8. The van der Waals surface area contributed by atoms with Gasteiger partial charge in [0.2, 0.25) is 0 Å². The molecule has 0 aromatic heterocycles. The van der Waals surface area contributed by atoms with E-state index in [-0.39, 0.29) is 23.8 Å². The van der Waals surface area contributed by atoms with Crippen molar-refractivity contribution >= 4 is 17.9 Å². The van der Waals surface area contributed by atoms with Gasteiger partial charge in [-0.05, 0) is 35.7 Å². The number of esters is 3. The predicted octanol–water partition coefficient (Wildman–Crippen LogP) is 5.17. The van der Waals surface area contributed by atoms with Crippen molar-refractivity contribution in [2.45, 2.75) is 18.9 Å². The Morgan fingerprint density at radius 3 is 1.74 bits per heavy atom. The van der Waals surface area contributed by atoms with Gasteiger partial charge < -0.3 is 19.1 Å². The summed E-state index contributed by atoms with van der Waals surface area (Å²) in [5.41, 5.74) is 3.25. The first-order valence-electron chi connectivity index (χ1n) is 12.2. The molecule has 3 aromatic rings. The smallest absolute Gasteiger partial charge is 0.338 e. The molecule has 0 amide bonds. The summed E-state index contributed by atoms with van der Waals surface area (Å²) < 4.78 is 15.5. The van der Waals surface area contributed by atoms with Gasteiger partial charge >= 0.3 is 17.9 Å². The molecule has 1 aliphatic rings. The molecule has 1 aliphatic heterocycles. The summed E-state index contributed by atoms with van der Waals surface area (Å²) in [6, 6.07) is 25.9. The largest absolute Gasteiger partial charge is 0.466 e. The van der Waals surface area contributed by atoms with Gasteiger partial charge in [-0.1, -0.05) is 72.8 Å². The fourth-order valence-corrected chi connectivity index (χ4v) is 4.63. The summed E-state index contributed by atoms with van der Waals surface area (Å²) in [6.07, 6.45) is 3.40. The number of hydrogen-bond acceptors (Lipinski definition) is 7. The van der Waals surface area contributed by atoms with Crippen molar-refractivity contribution in [2.75, 3.05) is 20.8 Å². The Morgan fingerprint density at radius 1 is 0.737 bits per heavy atom. The van der Waals surface area contributed by atoms with Gasteiger partial charge in [-0.3, -0.25) is 0 Å². The maximum atomic E-state index is 13.2. The molecule has 194 valence electrons. The minimum absolute atomic E-state index is 0.225. The number of methoxy groups -OCH3 is 2. The normalized spacial score (nSPS) is 13.4. The minimum atomic E-state index is -0.826. The first-order chi connectivity index (χ1) is 18.5. The zero-order valence-electron chi connectivity index (χ0n) is 21.5. The van der Waals surface area contributed by atoms with Crippen LogP contribution in [0.25, 0.3) is 0 Å². The molecular weight excluding hydrogens is 482 g/mol. The molecule has 0 saturated carbocycles. The lowest BCUT2D eigenvalue weighted by Gasteiger charge is -2.35. The summed E-state index contributed by atoms with van der Waals surface area (Å²) in [5.74, 6) is -2.52. The Kier molecular flexibility index (Phi) is 8.38. The average molecular weight is 512 g/mol. The van der Waals surface area contributed by atoms with E-state index in [9.17, 15) is 14.4 Å². The van der Waals surface area contributed by atoms with Gasteiger partial charge in [0.25, 0.3) is 0 Å². The van der Waals surface area contributed by atoms with Crippen LogP contribution in [-0.2, 0) is 23.8 Å². The molecule has 0 bridgehead atoms. The number of hydrogen-bond donors (Lipinski definition) is 0. The highest BCUT2D eigenvalue weighted by molar-refractivity contribution is 5.99. The number of benzene rings is 3. The van der Waals surface area contributed by atoms with E-state index in [0.717, 1.165) is 11.1 Å². The summed E-state index contributed by atoms with van der Waals surface area (Å²) in [5, 5.41) is 0. The van der Waals surface area contributed by atoms with E-state index in [4.69, 9.17) is 14.2 Å². The molecule has 0 radical (unpaired) electrons. The highest BCUT2D eigenvalue weighted by atomic mass is 16.5. The Balaban J connectivity index is 1.90. The van der Waals surface area contributed by atoms with Crippen molar-refractivity contribution < 1.29 is 28.6 Å². The first-order valence-corrected chi connectivity index (χ1v) is 12.2. The Morgan fingerprint density at radius 2 is 1.26 bits per heavy atom. The van der Waals surface area contributed by atoms with Crippen molar-refractivity contribution in [1.82, 2.24) is 4.90 Å². The van der Waals surface area contributed by atoms with Crippen molar-refractivity contribution in [3.63, 3.8) is 0 Å². The van der Waals surface area contributed by atoms with E-state index in [0.29, 0.717) is 11.1 Å². The van der Waals surface area contributed by atoms with Crippen LogP contribution < -0.4 is 0 Å². The van der Waals surface area contributed by atoms with Crippen molar-refractivity contribution in [2.24, 2.45) is 0 Å². The highest BCUT2D eigenvalue weighted by Gasteiger charge is 2.37. The van der Waals surface area contributed by atoms with Gasteiger partial charge in [-0.25, -0.2) is 14.4 Å². The lowest BCUT2D eigenvalue weighted by atomic mass is 9.82. The van der Waals surface area contributed by atoms with Crippen LogP contribution in [0.1, 0.15) is 45.9 Å². The standard InChI is InChI=1S/C31H29NO6/c1-4-38-29(33)24-17-11-16-23(18-24)27-25(30(34)36-2)19-32(20-26(27)31(35)37-3)28(21-12-7-5-8-13-21)22-14-9-6-10-15-22/h5-20,27-28H,4H2,1-3H3. The van der Waals surface area contributed by atoms with Gasteiger partial charge in [-0.2, -0.15) is 0 Å². The van der Waals surface area contributed by atoms with Crippen LogP contribution >= 0.6 is 0 Å². The molecule has 0 atom stereocenters. The molecule has 0 aliphatic carbocycles. The monoisotopic (exact) mass is 511 g/mol. The van der Waals surface area contributed by atoms with Crippen LogP contribution in [0.4, 0.5) is 0 Å². The molecule has 0 fully saturated rings. The minimum Gasteiger partial charge on any atom is -0.466 e. The van der Waals surface area contributed by atoms with E-state index in [1.165, 1.54) is 14.2 Å². The predicted molar refractivity (Wildman–Crippen MR) is 142 cm³/mol. The summed E-state index contributed by atoms with van der Waals surface area (Å²) in [7, 11) is 2.59. The van der Waals surface area contributed by atoms with Gasteiger partial charge in [0.15, 0.2) is 0 Å². The number of carbonyl (C=O) groups is 3. The number of carbonyl (C=O) groups excluding carboxylic acids is 3. The Bertz CT molecular complexity index is 1290. The van der Waals surface area contributed by atoms with E-state index in [1.54, 1.807) is 43.6 Å². The van der Waals surface area contributed by atoms with Gasteiger partial charge in [-0.15, -0.1) is 0 Å². The first kappa shape index (κ1) is 26.4. The molecule has 0 unspecified atom stereocenters. The molecule has 4 rings (SSSR count). The lowest BCUT2D eigenvalue weighted by molar-refractivity contribution is -0.137. The van der Waals surface area contributed by atoms with Crippen LogP contribution in [0, 0.1) is 0 Å². The van der Waals surface area contributed by atoms with Crippen LogP contribution in [0.5, 0.6) is 0 Å². The van der Waals surface area contributed by atoms with Crippen LogP contribution in [0.2, 0.25) is 0 Å². The van der Waals surface area contributed by atoms with Crippen LogP contribution in [-0.4, -0.2) is 43.6 Å². The molecule has 38 heavy (non-hydrogen) atoms.